The topological polar surface area (TPSA) is 76.0 Å². The number of carbonyl (C=O) groups is 1. The first-order valence-corrected chi connectivity index (χ1v) is 5.22. The maximum Gasteiger partial charge on any atom is 0.338 e. The highest BCUT2D eigenvalue weighted by molar-refractivity contribution is 5.89. The molecule has 0 bridgehead atoms. The minimum Gasteiger partial charge on any atom is -0.497 e. The van der Waals surface area contributed by atoms with Crippen LogP contribution in [-0.2, 0) is 4.74 Å². The second-order valence-corrected chi connectivity index (χ2v) is 3.63. The number of benzene rings is 1. The van der Waals surface area contributed by atoms with Gasteiger partial charge in [0, 0.05) is 0 Å². The number of esters is 1. The van der Waals surface area contributed by atoms with E-state index in [1.54, 1.807) is 24.3 Å². The van der Waals surface area contributed by atoms with E-state index in [2.05, 4.69) is 0 Å². The summed E-state index contributed by atoms with van der Waals surface area (Å²) in [6, 6.07) is 6.41. The quantitative estimate of drug-likeness (QED) is 0.737. The summed E-state index contributed by atoms with van der Waals surface area (Å²) >= 11 is 0. The molecule has 0 saturated heterocycles. The van der Waals surface area contributed by atoms with Crippen molar-refractivity contribution in [3.8, 4) is 5.75 Å². The number of methoxy groups -OCH3 is 1. The Morgan fingerprint density at radius 1 is 1.29 bits per heavy atom. The Bertz CT molecular complexity index is 358. The van der Waals surface area contributed by atoms with E-state index in [0.717, 1.165) is 0 Å². The molecule has 0 radical (unpaired) electrons. The smallest absolute Gasteiger partial charge is 0.338 e. The number of carbonyl (C=O) groups excluding carboxylic acids is 1. The van der Waals surface area contributed by atoms with Crippen LogP contribution < -0.4 is 4.74 Å². The molecule has 2 atom stereocenters. The molecule has 0 saturated carbocycles. The fourth-order valence-corrected chi connectivity index (χ4v) is 1.11. The van der Waals surface area contributed by atoms with Crippen LogP contribution in [0.4, 0.5) is 0 Å². The third-order valence-corrected chi connectivity index (χ3v) is 2.27. The molecule has 2 N–H and O–H groups in total. The van der Waals surface area contributed by atoms with Crippen LogP contribution in [0.3, 0.4) is 0 Å². The van der Waals surface area contributed by atoms with E-state index in [-0.39, 0.29) is 6.61 Å². The maximum absolute atomic E-state index is 11.5. The molecule has 0 amide bonds. The molecule has 1 aromatic carbocycles. The summed E-state index contributed by atoms with van der Waals surface area (Å²) in [5, 5.41) is 18.3. The summed E-state index contributed by atoms with van der Waals surface area (Å²) in [6.07, 6.45) is -2.00. The molecule has 1 rings (SSSR count). The van der Waals surface area contributed by atoms with Gasteiger partial charge in [0.2, 0.25) is 0 Å². The largest absolute Gasteiger partial charge is 0.497 e. The van der Waals surface area contributed by atoms with E-state index >= 15 is 0 Å². The predicted molar refractivity (Wildman–Crippen MR) is 61.0 cm³/mol. The van der Waals surface area contributed by atoms with E-state index in [1.807, 2.05) is 0 Å². The molecule has 0 aliphatic heterocycles. The van der Waals surface area contributed by atoms with Crippen LogP contribution in [0, 0.1) is 0 Å². The molecule has 0 fully saturated rings. The average Bonchev–Trinajstić information content (AvgIpc) is 2.35. The normalized spacial score (nSPS) is 13.9. The molecular weight excluding hydrogens is 224 g/mol. The van der Waals surface area contributed by atoms with Gasteiger partial charge in [-0.3, -0.25) is 0 Å². The number of hydrogen-bond donors (Lipinski definition) is 2. The van der Waals surface area contributed by atoms with Crippen molar-refractivity contribution in [3.05, 3.63) is 29.8 Å². The number of rotatable bonds is 5. The molecule has 0 aliphatic carbocycles. The number of aliphatic hydroxyl groups is 2. The molecule has 5 nitrogen and oxygen atoms in total. The van der Waals surface area contributed by atoms with Crippen molar-refractivity contribution in [2.24, 2.45) is 0 Å². The Labute approximate surface area is 99.6 Å². The van der Waals surface area contributed by atoms with Gasteiger partial charge in [-0.15, -0.1) is 0 Å². The third-order valence-electron chi connectivity index (χ3n) is 2.27. The van der Waals surface area contributed by atoms with Crippen LogP contribution in [0.25, 0.3) is 0 Å². The first-order valence-electron chi connectivity index (χ1n) is 5.22. The van der Waals surface area contributed by atoms with E-state index in [9.17, 15) is 9.90 Å². The van der Waals surface area contributed by atoms with Crippen molar-refractivity contribution >= 4 is 5.97 Å². The maximum atomic E-state index is 11.5. The Morgan fingerprint density at radius 3 is 2.35 bits per heavy atom. The Balaban J connectivity index is 2.52. The summed E-state index contributed by atoms with van der Waals surface area (Å²) in [7, 11) is 1.53. The zero-order chi connectivity index (χ0) is 12.8. The van der Waals surface area contributed by atoms with Crippen LogP contribution in [0.1, 0.15) is 17.3 Å². The zero-order valence-electron chi connectivity index (χ0n) is 9.79. The molecule has 94 valence electrons. The van der Waals surface area contributed by atoms with Crippen LogP contribution >= 0.6 is 0 Å². The highest BCUT2D eigenvalue weighted by Gasteiger charge is 2.14. The predicted octanol–water partition coefficient (Wildman–Crippen LogP) is 0.594. The average molecular weight is 240 g/mol. The van der Waals surface area contributed by atoms with E-state index in [0.29, 0.717) is 11.3 Å². The molecule has 0 spiro atoms. The van der Waals surface area contributed by atoms with Crippen molar-refractivity contribution in [1.29, 1.82) is 0 Å². The molecule has 1 unspecified atom stereocenters. The number of aliphatic hydroxyl groups excluding tert-OH is 2. The monoisotopic (exact) mass is 240 g/mol. The lowest BCUT2D eigenvalue weighted by Crippen LogP contribution is -2.29. The SMILES string of the molecule is COc1ccc(C(=O)OC[C@H](O)C(C)O)cc1. The van der Waals surface area contributed by atoms with Crippen molar-refractivity contribution in [2.75, 3.05) is 13.7 Å². The second-order valence-electron chi connectivity index (χ2n) is 3.63. The summed E-state index contributed by atoms with van der Waals surface area (Å²) in [6.45, 7) is 1.19. The van der Waals surface area contributed by atoms with Crippen molar-refractivity contribution in [1.82, 2.24) is 0 Å². The number of ether oxygens (including phenoxy) is 2. The van der Waals surface area contributed by atoms with Gasteiger partial charge in [-0.1, -0.05) is 0 Å². The van der Waals surface area contributed by atoms with E-state index in [1.165, 1.54) is 14.0 Å². The molecule has 1 aromatic rings. The van der Waals surface area contributed by atoms with Crippen molar-refractivity contribution in [2.45, 2.75) is 19.1 Å². The van der Waals surface area contributed by atoms with Crippen LogP contribution in [0.5, 0.6) is 5.75 Å². The highest BCUT2D eigenvalue weighted by Crippen LogP contribution is 2.12. The molecule has 0 aliphatic rings. The molecule has 0 heterocycles. The second kappa shape index (κ2) is 6.22. The molecule has 17 heavy (non-hydrogen) atoms. The van der Waals surface area contributed by atoms with Gasteiger partial charge in [0.1, 0.15) is 18.5 Å². The Kier molecular flexibility index (Phi) is 4.93. The Hall–Kier alpha value is -1.59. The summed E-state index contributed by atoms with van der Waals surface area (Å²) in [4.78, 5) is 11.5. The van der Waals surface area contributed by atoms with Gasteiger partial charge in [-0.05, 0) is 31.2 Å². The third kappa shape index (κ3) is 4.05. The van der Waals surface area contributed by atoms with Gasteiger partial charge in [0.05, 0.1) is 18.8 Å². The summed E-state index contributed by atoms with van der Waals surface area (Å²) in [5.74, 6) is 0.0953. The fraction of sp³-hybridized carbons (Fsp3) is 0.417. The van der Waals surface area contributed by atoms with Gasteiger partial charge in [-0.25, -0.2) is 4.79 Å². The first kappa shape index (κ1) is 13.5. The molecule has 5 heteroatoms. The first-order chi connectivity index (χ1) is 8.04. The minimum atomic E-state index is -1.07. The van der Waals surface area contributed by atoms with Gasteiger partial charge in [-0.2, -0.15) is 0 Å². The zero-order valence-corrected chi connectivity index (χ0v) is 9.79. The van der Waals surface area contributed by atoms with Gasteiger partial charge < -0.3 is 19.7 Å². The molecule has 0 aromatic heterocycles. The van der Waals surface area contributed by atoms with E-state index in [4.69, 9.17) is 14.6 Å². The lowest BCUT2D eigenvalue weighted by Gasteiger charge is -2.13. The van der Waals surface area contributed by atoms with Crippen LogP contribution in [0.2, 0.25) is 0 Å². The van der Waals surface area contributed by atoms with Gasteiger partial charge >= 0.3 is 5.97 Å². The minimum absolute atomic E-state index is 0.234. The van der Waals surface area contributed by atoms with Crippen LogP contribution in [0.15, 0.2) is 24.3 Å². The van der Waals surface area contributed by atoms with Crippen molar-refractivity contribution < 1.29 is 24.5 Å². The standard InChI is InChI=1S/C12H16O5/c1-8(13)11(14)7-17-12(15)9-3-5-10(16-2)6-4-9/h3-6,8,11,13-14H,7H2,1-2H3/t8?,11-/m0/s1. The highest BCUT2D eigenvalue weighted by atomic mass is 16.5. The van der Waals surface area contributed by atoms with Crippen molar-refractivity contribution in [3.63, 3.8) is 0 Å². The van der Waals surface area contributed by atoms with E-state index < -0.39 is 18.2 Å². The lowest BCUT2D eigenvalue weighted by molar-refractivity contribution is -0.0201. The Morgan fingerprint density at radius 2 is 1.88 bits per heavy atom. The van der Waals surface area contributed by atoms with Gasteiger partial charge in [0.25, 0.3) is 0 Å². The van der Waals surface area contributed by atoms with Gasteiger partial charge in [0.15, 0.2) is 0 Å². The molecular formula is C12H16O5. The van der Waals surface area contributed by atoms with Crippen LogP contribution in [-0.4, -0.2) is 42.1 Å². The summed E-state index contributed by atoms with van der Waals surface area (Å²) in [5.41, 5.74) is 0.364. The fourth-order valence-electron chi connectivity index (χ4n) is 1.11. The number of hydrogen-bond acceptors (Lipinski definition) is 5. The lowest BCUT2D eigenvalue weighted by atomic mass is 10.2. The summed E-state index contributed by atoms with van der Waals surface area (Å²) < 4.78 is 9.79.